The summed E-state index contributed by atoms with van der Waals surface area (Å²) in [6, 6.07) is 9.51. The summed E-state index contributed by atoms with van der Waals surface area (Å²) in [5, 5.41) is 7.77. The molecule has 3 aliphatic rings. The van der Waals surface area contributed by atoms with Gasteiger partial charge in [-0.15, -0.1) is 0 Å². The van der Waals surface area contributed by atoms with E-state index in [9.17, 15) is 14.4 Å². The van der Waals surface area contributed by atoms with Crippen molar-refractivity contribution in [2.45, 2.75) is 57.8 Å². The number of carbonyl (C=O) groups is 3. The Hall–Kier alpha value is -2.65. The second kappa shape index (κ2) is 11.2. The van der Waals surface area contributed by atoms with Crippen LogP contribution in [0.3, 0.4) is 0 Å². The summed E-state index contributed by atoms with van der Waals surface area (Å²) >= 11 is 0. The SMILES string of the molecule is CCOC(=O)CCC1CN2O[C@]23CCC(C(=O)NCCCNC(=O)OCc2ccccc2)C[C@H]13. The molecule has 0 aromatic heterocycles. The van der Waals surface area contributed by atoms with Crippen LogP contribution in [0.2, 0.25) is 0 Å². The highest BCUT2D eigenvalue weighted by Gasteiger charge is 2.69. The smallest absolute Gasteiger partial charge is 0.407 e. The van der Waals surface area contributed by atoms with Crippen molar-refractivity contribution in [2.24, 2.45) is 17.8 Å². The molecule has 2 saturated heterocycles. The van der Waals surface area contributed by atoms with E-state index >= 15 is 0 Å². The molecule has 1 aromatic rings. The number of nitrogens with one attached hydrogen (secondary N) is 2. The number of carbonyl (C=O) groups excluding carboxylic acids is 3. The molecular weight excluding hydrogens is 438 g/mol. The van der Waals surface area contributed by atoms with Crippen LogP contribution in [0.5, 0.6) is 0 Å². The lowest BCUT2D eigenvalue weighted by atomic mass is 9.72. The minimum Gasteiger partial charge on any atom is -0.466 e. The summed E-state index contributed by atoms with van der Waals surface area (Å²) in [7, 11) is 0. The normalized spacial score (nSPS) is 28.9. The van der Waals surface area contributed by atoms with Gasteiger partial charge in [0.15, 0.2) is 5.72 Å². The topological polar surface area (TPSA) is 109 Å². The van der Waals surface area contributed by atoms with Gasteiger partial charge in [-0.3, -0.25) is 14.4 Å². The van der Waals surface area contributed by atoms with E-state index in [4.69, 9.17) is 14.3 Å². The number of esters is 1. The first-order chi connectivity index (χ1) is 16.5. The molecule has 186 valence electrons. The highest BCUT2D eigenvalue weighted by Crippen LogP contribution is 2.60. The molecule has 2 N–H and O–H groups in total. The third-order valence-corrected chi connectivity index (χ3v) is 7.13. The van der Waals surface area contributed by atoms with Gasteiger partial charge in [0, 0.05) is 37.9 Å². The van der Waals surface area contributed by atoms with Crippen molar-refractivity contribution in [3.63, 3.8) is 0 Å². The molecule has 5 atom stereocenters. The van der Waals surface area contributed by atoms with Gasteiger partial charge >= 0.3 is 12.1 Å². The van der Waals surface area contributed by atoms with Crippen LogP contribution in [0.15, 0.2) is 30.3 Å². The standard InChI is InChI=1S/C25H35N3O6/c1-2-32-22(29)10-9-20-16-28-25(34-28)12-11-19(15-21(20)25)23(30)26-13-6-14-27-24(31)33-17-18-7-4-3-5-8-18/h3-5,7-8,19-21H,2,6,9-17H2,1H3,(H,26,30)(H,27,31)/t19?,20?,21-,25+,28?/m1/s1. The van der Waals surface area contributed by atoms with Gasteiger partial charge in [-0.05, 0) is 50.5 Å². The number of hydroxylamine groups is 2. The van der Waals surface area contributed by atoms with Crippen LogP contribution in [-0.4, -0.2) is 55.0 Å². The summed E-state index contributed by atoms with van der Waals surface area (Å²) in [5.74, 6) is 0.474. The van der Waals surface area contributed by atoms with E-state index in [1.807, 2.05) is 42.3 Å². The van der Waals surface area contributed by atoms with Gasteiger partial charge in [-0.2, -0.15) is 5.06 Å². The third kappa shape index (κ3) is 5.88. The quantitative estimate of drug-likeness (QED) is 0.289. The van der Waals surface area contributed by atoms with Crippen molar-refractivity contribution in [3.8, 4) is 0 Å². The molecule has 1 aliphatic carbocycles. The summed E-state index contributed by atoms with van der Waals surface area (Å²) in [6.07, 6.45) is 3.78. The van der Waals surface area contributed by atoms with Gasteiger partial charge in [0.1, 0.15) is 6.61 Å². The molecule has 0 bridgehead atoms. The van der Waals surface area contributed by atoms with Crippen molar-refractivity contribution < 1.29 is 28.7 Å². The van der Waals surface area contributed by atoms with Crippen molar-refractivity contribution >= 4 is 18.0 Å². The highest BCUT2D eigenvalue weighted by atomic mass is 16.9. The Kier molecular flexibility index (Phi) is 8.05. The fourth-order valence-corrected chi connectivity index (χ4v) is 5.34. The maximum atomic E-state index is 12.8. The van der Waals surface area contributed by atoms with Crippen LogP contribution in [0.1, 0.15) is 51.0 Å². The summed E-state index contributed by atoms with van der Waals surface area (Å²) in [4.78, 5) is 42.2. The largest absolute Gasteiger partial charge is 0.466 e. The maximum Gasteiger partial charge on any atom is 0.407 e. The van der Waals surface area contributed by atoms with E-state index in [0.29, 0.717) is 38.5 Å². The zero-order valence-corrected chi connectivity index (χ0v) is 19.8. The van der Waals surface area contributed by atoms with Gasteiger partial charge < -0.3 is 20.1 Å². The average Bonchev–Trinajstić information content (AvgIpc) is 3.44. The Morgan fingerprint density at radius 2 is 1.94 bits per heavy atom. The Morgan fingerprint density at radius 1 is 1.15 bits per heavy atom. The number of hydrogen-bond donors (Lipinski definition) is 2. The lowest BCUT2D eigenvalue weighted by Crippen LogP contribution is -2.41. The number of amides is 2. The highest BCUT2D eigenvalue weighted by molar-refractivity contribution is 5.78. The van der Waals surface area contributed by atoms with Gasteiger partial charge in [0.2, 0.25) is 5.91 Å². The van der Waals surface area contributed by atoms with E-state index < -0.39 is 6.09 Å². The maximum absolute atomic E-state index is 12.8. The molecule has 3 unspecified atom stereocenters. The summed E-state index contributed by atoms with van der Waals surface area (Å²) in [5.41, 5.74) is 0.726. The minimum absolute atomic E-state index is 0.0475. The van der Waals surface area contributed by atoms with E-state index in [1.165, 1.54) is 0 Å². The number of nitrogens with zero attached hydrogens (tertiary/aromatic N) is 1. The van der Waals surface area contributed by atoms with E-state index in [2.05, 4.69) is 10.6 Å². The Morgan fingerprint density at radius 3 is 2.74 bits per heavy atom. The van der Waals surface area contributed by atoms with Gasteiger partial charge in [0.05, 0.1) is 6.61 Å². The second-order valence-electron chi connectivity index (χ2n) is 9.31. The van der Waals surface area contributed by atoms with Crippen LogP contribution < -0.4 is 10.6 Å². The fourth-order valence-electron chi connectivity index (χ4n) is 5.34. The number of rotatable bonds is 11. The zero-order valence-electron chi connectivity index (χ0n) is 19.8. The predicted molar refractivity (Wildman–Crippen MR) is 123 cm³/mol. The first-order valence-corrected chi connectivity index (χ1v) is 12.4. The lowest BCUT2D eigenvalue weighted by Gasteiger charge is -2.33. The Labute approximate surface area is 200 Å². The molecule has 0 radical (unpaired) electrons. The number of hydrogen-bond acceptors (Lipinski definition) is 7. The Balaban J connectivity index is 1.12. The first-order valence-electron chi connectivity index (χ1n) is 12.4. The molecule has 3 fully saturated rings. The van der Waals surface area contributed by atoms with Crippen molar-refractivity contribution in [2.75, 3.05) is 26.2 Å². The van der Waals surface area contributed by atoms with Crippen LogP contribution >= 0.6 is 0 Å². The second-order valence-corrected chi connectivity index (χ2v) is 9.31. The van der Waals surface area contributed by atoms with Gasteiger partial charge in [-0.1, -0.05) is 30.3 Å². The van der Waals surface area contributed by atoms with Gasteiger partial charge in [0.25, 0.3) is 0 Å². The van der Waals surface area contributed by atoms with Crippen molar-refractivity contribution in [3.05, 3.63) is 35.9 Å². The van der Waals surface area contributed by atoms with Crippen LogP contribution in [0.4, 0.5) is 4.79 Å². The van der Waals surface area contributed by atoms with Gasteiger partial charge in [-0.25, -0.2) is 4.79 Å². The molecule has 1 spiro atoms. The predicted octanol–water partition coefficient (Wildman–Crippen LogP) is 2.75. The van der Waals surface area contributed by atoms with E-state index in [0.717, 1.165) is 37.8 Å². The fraction of sp³-hybridized carbons (Fsp3) is 0.640. The van der Waals surface area contributed by atoms with E-state index in [-0.39, 0.29) is 36.0 Å². The monoisotopic (exact) mass is 473 g/mol. The number of alkyl carbamates (subject to hydrolysis) is 1. The molecule has 9 nitrogen and oxygen atoms in total. The van der Waals surface area contributed by atoms with Crippen molar-refractivity contribution in [1.82, 2.24) is 15.7 Å². The first kappa shape index (κ1) is 24.5. The molecule has 2 aliphatic heterocycles. The molecule has 2 heterocycles. The summed E-state index contributed by atoms with van der Waals surface area (Å²) < 4.78 is 10.2. The average molecular weight is 474 g/mol. The van der Waals surface area contributed by atoms with Crippen molar-refractivity contribution in [1.29, 1.82) is 0 Å². The molecule has 2 amide bonds. The number of ether oxygens (including phenoxy) is 2. The van der Waals surface area contributed by atoms with E-state index in [1.54, 1.807) is 0 Å². The lowest BCUT2D eigenvalue weighted by molar-refractivity contribution is -0.143. The molecular formula is C25H35N3O6. The van der Waals surface area contributed by atoms with Crippen LogP contribution in [-0.2, 0) is 30.5 Å². The molecule has 1 aromatic carbocycles. The summed E-state index contributed by atoms with van der Waals surface area (Å²) in [6.45, 7) is 4.20. The minimum atomic E-state index is -0.461. The molecule has 34 heavy (non-hydrogen) atoms. The third-order valence-electron chi connectivity index (χ3n) is 7.13. The van der Waals surface area contributed by atoms with Crippen LogP contribution in [0.25, 0.3) is 0 Å². The molecule has 9 heteroatoms. The molecule has 4 rings (SSSR count). The molecule has 1 saturated carbocycles. The zero-order chi connectivity index (χ0) is 24.0. The number of benzene rings is 1. The van der Waals surface area contributed by atoms with Crippen LogP contribution in [0, 0.1) is 17.8 Å². The Bertz CT molecular complexity index is 865.